The van der Waals surface area contributed by atoms with Crippen LogP contribution < -0.4 is 10.6 Å². The number of hydrogen-bond acceptors (Lipinski definition) is 5. The Hall–Kier alpha value is -0.970. The second-order valence-corrected chi connectivity index (χ2v) is 6.43. The molecule has 4 nitrogen and oxygen atoms in total. The monoisotopic (exact) mass is 280 g/mol. The van der Waals surface area contributed by atoms with E-state index in [-0.39, 0.29) is 0 Å². The van der Waals surface area contributed by atoms with Gasteiger partial charge in [-0.2, -0.15) is 11.8 Å². The van der Waals surface area contributed by atoms with Crippen LogP contribution in [0.5, 0.6) is 0 Å². The van der Waals surface area contributed by atoms with Gasteiger partial charge in [-0.25, -0.2) is 9.97 Å². The molecule has 1 fully saturated rings. The lowest BCUT2D eigenvalue weighted by atomic mass is 10.2. The minimum Gasteiger partial charge on any atom is -0.373 e. The van der Waals surface area contributed by atoms with E-state index in [1.165, 1.54) is 19.3 Å². The molecule has 0 saturated heterocycles. The van der Waals surface area contributed by atoms with E-state index in [2.05, 4.69) is 40.7 Å². The van der Waals surface area contributed by atoms with Crippen molar-refractivity contribution >= 4 is 23.4 Å². The van der Waals surface area contributed by atoms with Crippen molar-refractivity contribution in [1.82, 2.24) is 9.97 Å². The van der Waals surface area contributed by atoms with Crippen LogP contribution in [0.1, 0.15) is 44.9 Å². The number of hydrogen-bond donors (Lipinski definition) is 2. The Kier molecular flexibility index (Phi) is 4.91. The zero-order valence-electron chi connectivity index (χ0n) is 12.2. The largest absolute Gasteiger partial charge is 0.373 e. The van der Waals surface area contributed by atoms with Gasteiger partial charge < -0.3 is 10.6 Å². The van der Waals surface area contributed by atoms with E-state index in [9.17, 15) is 0 Å². The molecule has 0 amide bonds. The van der Waals surface area contributed by atoms with Crippen LogP contribution in [0.3, 0.4) is 0 Å². The third kappa shape index (κ3) is 3.53. The molecule has 2 N–H and O–H groups in total. The molecule has 106 valence electrons. The number of thioether (sulfide) groups is 1. The minimum absolute atomic E-state index is 0.341. The van der Waals surface area contributed by atoms with Crippen molar-refractivity contribution in [3.63, 3.8) is 0 Å². The second kappa shape index (κ2) is 6.46. The fraction of sp³-hybridized carbons (Fsp3) is 0.714. The SMILES string of the molecule is CNc1cc(NC2CCCC2SC)nc(C(C)C)n1. The maximum Gasteiger partial charge on any atom is 0.135 e. The van der Waals surface area contributed by atoms with E-state index in [0.29, 0.717) is 17.2 Å². The smallest absolute Gasteiger partial charge is 0.135 e. The zero-order valence-corrected chi connectivity index (χ0v) is 13.0. The lowest BCUT2D eigenvalue weighted by Crippen LogP contribution is -2.26. The Morgan fingerprint density at radius 3 is 2.63 bits per heavy atom. The van der Waals surface area contributed by atoms with Gasteiger partial charge in [-0.05, 0) is 19.1 Å². The molecule has 0 bridgehead atoms. The highest BCUT2D eigenvalue weighted by Crippen LogP contribution is 2.31. The average Bonchev–Trinajstić information content (AvgIpc) is 2.85. The van der Waals surface area contributed by atoms with E-state index in [1.807, 2.05) is 24.9 Å². The molecule has 19 heavy (non-hydrogen) atoms. The molecule has 2 atom stereocenters. The number of anilines is 2. The second-order valence-electron chi connectivity index (χ2n) is 5.36. The fourth-order valence-electron chi connectivity index (χ4n) is 2.49. The Morgan fingerprint density at radius 2 is 2.00 bits per heavy atom. The quantitative estimate of drug-likeness (QED) is 0.866. The van der Waals surface area contributed by atoms with Crippen molar-refractivity contribution in [1.29, 1.82) is 0 Å². The molecule has 1 aliphatic carbocycles. The summed E-state index contributed by atoms with van der Waals surface area (Å²) in [5.74, 6) is 3.08. The highest BCUT2D eigenvalue weighted by atomic mass is 32.2. The van der Waals surface area contributed by atoms with Crippen LogP contribution >= 0.6 is 11.8 Å². The van der Waals surface area contributed by atoms with Gasteiger partial charge in [0.05, 0.1) is 0 Å². The maximum atomic E-state index is 4.64. The molecule has 0 aliphatic heterocycles. The predicted molar refractivity (Wildman–Crippen MR) is 84.2 cm³/mol. The normalized spacial score (nSPS) is 22.8. The van der Waals surface area contributed by atoms with Crippen LogP contribution in [0.15, 0.2) is 6.07 Å². The first-order valence-corrected chi connectivity index (χ1v) is 8.29. The van der Waals surface area contributed by atoms with E-state index in [4.69, 9.17) is 0 Å². The lowest BCUT2D eigenvalue weighted by molar-refractivity contribution is 0.744. The molecule has 2 rings (SSSR count). The Bertz CT molecular complexity index is 422. The van der Waals surface area contributed by atoms with Gasteiger partial charge in [0.25, 0.3) is 0 Å². The van der Waals surface area contributed by atoms with Gasteiger partial charge in [-0.1, -0.05) is 20.3 Å². The molecule has 1 saturated carbocycles. The first kappa shape index (κ1) is 14.4. The van der Waals surface area contributed by atoms with Gasteiger partial charge in [-0.15, -0.1) is 0 Å². The lowest BCUT2D eigenvalue weighted by Gasteiger charge is -2.20. The molecule has 0 radical (unpaired) electrons. The molecule has 0 spiro atoms. The fourth-order valence-corrected chi connectivity index (χ4v) is 3.42. The minimum atomic E-state index is 0.341. The molecular weight excluding hydrogens is 256 g/mol. The molecule has 1 aromatic heterocycles. The third-order valence-electron chi connectivity index (χ3n) is 3.60. The van der Waals surface area contributed by atoms with Crippen LogP contribution in [-0.2, 0) is 0 Å². The average molecular weight is 280 g/mol. The summed E-state index contributed by atoms with van der Waals surface area (Å²) in [6, 6.07) is 2.54. The van der Waals surface area contributed by atoms with Crippen LogP contribution in [0, 0.1) is 0 Å². The topological polar surface area (TPSA) is 49.8 Å². The van der Waals surface area contributed by atoms with Gasteiger partial charge >= 0.3 is 0 Å². The predicted octanol–water partition coefficient (Wildman–Crippen LogP) is 3.34. The molecule has 2 unspecified atom stereocenters. The van der Waals surface area contributed by atoms with E-state index in [0.717, 1.165) is 17.5 Å². The van der Waals surface area contributed by atoms with Gasteiger partial charge in [0.15, 0.2) is 0 Å². The molecule has 1 aliphatic rings. The van der Waals surface area contributed by atoms with Crippen LogP contribution in [0.2, 0.25) is 0 Å². The number of aromatic nitrogens is 2. The van der Waals surface area contributed by atoms with Crippen LogP contribution in [0.25, 0.3) is 0 Å². The zero-order chi connectivity index (χ0) is 13.8. The van der Waals surface area contributed by atoms with Crippen molar-refractivity contribution in [2.45, 2.75) is 50.3 Å². The summed E-state index contributed by atoms with van der Waals surface area (Å²) < 4.78 is 0. The summed E-state index contributed by atoms with van der Waals surface area (Å²) >= 11 is 1.96. The van der Waals surface area contributed by atoms with E-state index in [1.54, 1.807) is 0 Å². The van der Waals surface area contributed by atoms with E-state index >= 15 is 0 Å². The van der Waals surface area contributed by atoms with Gasteiger partial charge in [0.1, 0.15) is 17.5 Å². The van der Waals surface area contributed by atoms with Gasteiger partial charge in [0, 0.05) is 30.3 Å². The summed E-state index contributed by atoms with van der Waals surface area (Å²) in [4.78, 5) is 9.14. The summed E-state index contributed by atoms with van der Waals surface area (Å²) in [6.07, 6.45) is 6.05. The summed E-state index contributed by atoms with van der Waals surface area (Å²) in [7, 11) is 1.90. The summed E-state index contributed by atoms with van der Waals surface area (Å²) in [6.45, 7) is 4.25. The Morgan fingerprint density at radius 1 is 1.26 bits per heavy atom. The third-order valence-corrected chi connectivity index (χ3v) is 4.77. The van der Waals surface area contributed by atoms with Crippen LogP contribution in [-0.4, -0.2) is 34.6 Å². The molecular formula is C14H24N4S. The molecule has 1 aromatic rings. The first-order chi connectivity index (χ1) is 9.13. The molecule has 5 heteroatoms. The van der Waals surface area contributed by atoms with Crippen molar-refractivity contribution in [3.8, 4) is 0 Å². The highest BCUT2D eigenvalue weighted by molar-refractivity contribution is 7.99. The van der Waals surface area contributed by atoms with Crippen molar-refractivity contribution in [2.75, 3.05) is 23.9 Å². The van der Waals surface area contributed by atoms with Crippen molar-refractivity contribution in [2.24, 2.45) is 0 Å². The number of rotatable bonds is 5. The highest BCUT2D eigenvalue weighted by Gasteiger charge is 2.26. The molecule has 1 heterocycles. The Balaban J connectivity index is 2.17. The standard InChI is InChI=1S/C14H24N4S/c1-9(2)14-17-12(15-3)8-13(18-14)16-10-6-5-7-11(10)19-4/h8-11H,5-7H2,1-4H3,(H2,15,16,17,18). The van der Waals surface area contributed by atoms with Crippen molar-refractivity contribution < 1.29 is 0 Å². The van der Waals surface area contributed by atoms with E-state index < -0.39 is 0 Å². The van der Waals surface area contributed by atoms with Crippen LogP contribution in [0.4, 0.5) is 11.6 Å². The molecule has 0 aromatic carbocycles. The number of nitrogens with one attached hydrogen (secondary N) is 2. The van der Waals surface area contributed by atoms with Gasteiger partial charge in [-0.3, -0.25) is 0 Å². The maximum absolute atomic E-state index is 4.64. The summed E-state index contributed by atoms with van der Waals surface area (Å²) in [5, 5.41) is 7.42. The summed E-state index contributed by atoms with van der Waals surface area (Å²) in [5.41, 5.74) is 0. The first-order valence-electron chi connectivity index (χ1n) is 7.00. The number of nitrogens with zero attached hydrogens (tertiary/aromatic N) is 2. The Labute approximate surface area is 120 Å². The van der Waals surface area contributed by atoms with Gasteiger partial charge in [0.2, 0.25) is 0 Å². The van der Waals surface area contributed by atoms with Crippen molar-refractivity contribution in [3.05, 3.63) is 11.9 Å².